The van der Waals surface area contributed by atoms with Crippen LogP contribution in [-0.4, -0.2) is 17.8 Å². The Morgan fingerprint density at radius 2 is 1.74 bits per heavy atom. The predicted molar refractivity (Wildman–Crippen MR) is 70.6 cm³/mol. The molecule has 1 saturated carbocycles. The highest BCUT2D eigenvalue weighted by Gasteiger charge is 2.30. The minimum Gasteiger partial charge on any atom is -0.326 e. The number of nitrogens with one attached hydrogen (secondary N) is 3. The van der Waals surface area contributed by atoms with Gasteiger partial charge in [-0.05, 0) is 31.0 Å². The minimum absolute atomic E-state index is 0.0172. The molecule has 1 aliphatic rings. The van der Waals surface area contributed by atoms with E-state index >= 15 is 0 Å². The van der Waals surface area contributed by atoms with Crippen LogP contribution in [-0.2, 0) is 9.59 Å². The zero-order chi connectivity index (χ0) is 13.8. The lowest BCUT2D eigenvalue weighted by atomic mass is 10.2. The van der Waals surface area contributed by atoms with Gasteiger partial charge in [0.2, 0.25) is 11.8 Å². The number of urea groups is 1. The van der Waals surface area contributed by atoms with Gasteiger partial charge in [0.05, 0.1) is 0 Å². The Kier molecular flexibility index (Phi) is 3.79. The third-order valence-corrected chi connectivity index (χ3v) is 2.63. The molecule has 0 aromatic heterocycles. The highest BCUT2D eigenvalue weighted by Crippen LogP contribution is 2.28. The van der Waals surface area contributed by atoms with Crippen molar-refractivity contribution < 1.29 is 14.4 Å². The average molecular weight is 261 g/mol. The molecule has 1 fully saturated rings. The molecule has 0 aliphatic heterocycles. The number of hydrogen-bond acceptors (Lipinski definition) is 3. The van der Waals surface area contributed by atoms with E-state index in [1.807, 2.05) is 0 Å². The first kappa shape index (κ1) is 13.1. The maximum atomic E-state index is 11.6. The second-order valence-electron chi connectivity index (χ2n) is 4.48. The molecule has 1 aromatic rings. The van der Waals surface area contributed by atoms with Gasteiger partial charge >= 0.3 is 6.03 Å². The summed E-state index contributed by atoms with van der Waals surface area (Å²) in [5, 5.41) is 7.43. The average Bonchev–Trinajstić information content (AvgIpc) is 3.11. The van der Waals surface area contributed by atoms with Gasteiger partial charge in [-0.3, -0.25) is 14.9 Å². The molecule has 0 spiro atoms. The van der Waals surface area contributed by atoms with E-state index in [0.29, 0.717) is 11.4 Å². The molecule has 19 heavy (non-hydrogen) atoms. The van der Waals surface area contributed by atoms with E-state index in [2.05, 4.69) is 16.0 Å². The molecule has 0 saturated heterocycles. The Hall–Kier alpha value is -2.37. The number of rotatable bonds is 3. The Labute approximate surface area is 110 Å². The molecule has 1 aliphatic carbocycles. The van der Waals surface area contributed by atoms with Crippen molar-refractivity contribution in [2.75, 3.05) is 10.6 Å². The molecule has 0 heterocycles. The van der Waals surface area contributed by atoms with Crippen molar-refractivity contribution in [3.05, 3.63) is 24.3 Å². The summed E-state index contributed by atoms with van der Waals surface area (Å²) in [6.07, 6.45) is 1.69. The van der Waals surface area contributed by atoms with Crippen LogP contribution in [0.5, 0.6) is 0 Å². The van der Waals surface area contributed by atoms with Crippen molar-refractivity contribution in [1.29, 1.82) is 0 Å². The number of carbonyl (C=O) groups excluding carboxylic acids is 3. The second kappa shape index (κ2) is 5.51. The fraction of sp³-hybridized carbons (Fsp3) is 0.308. The first-order valence-electron chi connectivity index (χ1n) is 6.04. The monoisotopic (exact) mass is 261 g/mol. The van der Waals surface area contributed by atoms with Crippen LogP contribution in [0.25, 0.3) is 0 Å². The summed E-state index contributed by atoms with van der Waals surface area (Å²) in [6.45, 7) is 1.40. The third-order valence-electron chi connectivity index (χ3n) is 2.63. The molecule has 4 amide bonds. The molecule has 6 nitrogen and oxygen atoms in total. The summed E-state index contributed by atoms with van der Waals surface area (Å²) in [4.78, 5) is 33.9. The van der Waals surface area contributed by atoms with Gasteiger partial charge in [0.15, 0.2) is 0 Å². The fourth-order valence-electron chi connectivity index (χ4n) is 1.60. The Morgan fingerprint density at radius 3 is 2.32 bits per heavy atom. The summed E-state index contributed by atoms with van der Waals surface area (Å²) in [6, 6.07) is 6.13. The molecule has 0 bridgehead atoms. The van der Waals surface area contributed by atoms with Crippen LogP contribution in [0.2, 0.25) is 0 Å². The summed E-state index contributed by atoms with van der Waals surface area (Å²) < 4.78 is 0. The topological polar surface area (TPSA) is 87.3 Å². The zero-order valence-corrected chi connectivity index (χ0v) is 10.5. The second-order valence-corrected chi connectivity index (χ2v) is 4.48. The molecule has 1 aromatic carbocycles. The molecule has 100 valence electrons. The maximum Gasteiger partial charge on any atom is 0.325 e. The van der Waals surface area contributed by atoms with Crippen LogP contribution >= 0.6 is 0 Å². The smallest absolute Gasteiger partial charge is 0.325 e. The maximum absolute atomic E-state index is 11.6. The van der Waals surface area contributed by atoms with E-state index in [1.165, 1.54) is 6.92 Å². The van der Waals surface area contributed by atoms with Crippen LogP contribution in [0.3, 0.4) is 0 Å². The van der Waals surface area contributed by atoms with Crippen LogP contribution in [0, 0.1) is 5.92 Å². The molecule has 0 atom stereocenters. The molecule has 0 unspecified atom stereocenters. The minimum atomic E-state index is -0.558. The number of hydrogen-bond donors (Lipinski definition) is 3. The van der Waals surface area contributed by atoms with Gasteiger partial charge in [-0.1, -0.05) is 6.07 Å². The first-order valence-corrected chi connectivity index (χ1v) is 6.04. The Balaban J connectivity index is 1.92. The Bertz CT molecular complexity index is 524. The highest BCUT2D eigenvalue weighted by molar-refractivity contribution is 6.02. The predicted octanol–water partition coefficient (Wildman–Crippen LogP) is 1.70. The number of carbonyl (C=O) groups is 3. The summed E-state index contributed by atoms with van der Waals surface area (Å²) >= 11 is 0. The lowest BCUT2D eigenvalue weighted by molar-refractivity contribution is -0.121. The van der Waals surface area contributed by atoms with Crippen LogP contribution < -0.4 is 16.0 Å². The van der Waals surface area contributed by atoms with E-state index in [-0.39, 0.29) is 17.7 Å². The SMILES string of the molecule is CC(=O)Nc1cccc(NC(=O)NC(=O)C2CC2)c1. The molecule has 6 heteroatoms. The van der Waals surface area contributed by atoms with Gasteiger partial charge in [0.25, 0.3) is 0 Å². The summed E-state index contributed by atoms with van der Waals surface area (Å²) in [7, 11) is 0. The highest BCUT2D eigenvalue weighted by atomic mass is 16.2. The number of amides is 4. The van der Waals surface area contributed by atoms with E-state index in [0.717, 1.165) is 12.8 Å². The zero-order valence-electron chi connectivity index (χ0n) is 10.5. The van der Waals surface area contributed by atoms with Crippen molar-refractivity contribution in [2.45, 2.75) is 19.8 Å². The van der Waals surface area contributed by atoms with Crippen LogP contribution in [0.4, 0.5) is 16.2 Å². The van der Waals surface area contributed by atoms with E-state index < -0.39 is 6.03 Å². The lowest BCUT2D eigenvalue weighted by Crippen LogP contribution is -2.35. The van der Waals surface area contributed by atoms with Gasteiger partial charge < -0.3 is 10.6 Å². The lowest BCUT2D eigenvalue weighted by Gasteiger charge is -2.08. The molecule has 3 N–H and O–H groups in total. The number of imide groups is 1. The quantitative estimate of drug-likeness (QED) is 0.774. The van der Waals surface area contributed by atoms with Crippen molar-refractivity contribution >= 4 is 29.2 Å². The van der Waals surface area contributed by atoms with E-state index in [4.69, 9.17) is 0 Å². The first-order chi connectivity index (χ1) is 9.04. The standard InChI is InChI=1S/C13H15N3O3/c1-8(17)14-10-3-2-4-11(7-10)15-13(19)16-12(18)9-5-6-9/h2-4,7,9H,5-6H2,1H3,(H,14,17)(H2,15,16,18,19). The fourth-order valence-corrected chi connectivity index (χ4v) is 1.60. The molecule has 2 rings (SSSR count). The largest absolute Gasteiger partial charge is 0.326 e. The van der Waals surface area contributed by atoms with Crippen molar-refractivity contribution in [2.24, 2.45) is 5.92 Å². The van der Waals surface area contributed by atoms with Crippen LogP contribution in [0.1, 0.15) is 19.8 Å². The number of benzene rings is 1. The van der Waals surface area contributed by atoms with Crippen molar-refractivity contribution in [1.82, 2.24) is 5.32 Å². The molecular weight excluding hydrogens is 246 g/mol. The van der Waals surface area contributed by atoms with Gasteiger partial charge in [0, 0.05) is 24.2 Å². The molecular formula is C13H15N3O3. The summed E-state index contributed by atoms with van der Waals surface area (Å²) in [5.41, 5.74) is 1.09. The van der Waals surface area contributed by atoms with Crippen LogP contribution in [0.15, 0.2) is 24.3 Å². The normalized spacial score (nSPS) is 13.5. The van der Waals surface area contributed by atoms with Gasteiger partial charge in [0.1, 0.15) is 0 Å². The summed E-state index contributed by atoms with van der Waals surface area (Å²) in [5.74, 6) is -0.447. The van der Waals surface area contributed by atoms with Gasteiger partial charge in [-0.2, -0.15) is 0 Å². The van der Waals surface area contributed by atoms with E-state index in [1.54, 1.807) is 24.3 Å². The van der Waals surface area contributed by atoms with Crippen molar-refractivity contribution in [3.8, 4) is 0 Å². The third kappa shape index (κ3) is 4.09. The van der Waals surface area contributed by atoms with Crippen molar-refractivity contribution in [3.63, 3.8) is 0 Å². The van der Waals surface area contributed by atoms with E-state index in [9.17, 15) is 14.4 Å². The van der Waals surface area contributed by atoms with Gasteiger partial charge in [-0.15, -0.1) is 0 Å². The number of anilines is 2. The molecule has 0 radical (unpaired) electrons. The Morgan fingerprint density at radius 1 is 1.11 bits per heavy atom. The van der Waals surface area contributed by atoms with Gasteiger partial charge in [-0.25, -0.2) is 4.79 Å².